The number of ketones is 1. The molecule has 2 aromatic rings. The second kappa shape index (κ2) is 4.87. The van der Waals surface area contributed by atoms with Gasteiger partial charge in [-0.1, -0.05) is 13.8 Å². The van der Waals surface area contributed by atoms with Crippen LogP contribution in [-0.2, 0) is 6.18 Å². The first kappa shape index (κ1) is 15.0. The lowest BCUT2D eigenvalue weighted by Gasteiger charge is -2.14. The molecule has 0 fully saturated rings. The highest BCUT2D eigenvalue weighted by Gasteiger charge is 2.36. The Kier molecular flexibility index (Phi) is 3.48. The molecule has 21 heavy (non-hydrogen) atoms. The molecular weight excluding hydrogens is 289 g/mol. The van der Waals surface area contributed by atoms with Gasteiger partial charge < -0.3 is 4.98 Å². The molecule has 0 bridgehead atoms. The molecule has 0 aliphatic rings. The van der Waals surface area contributed by atoms with E-state index in [0.29, 0.717) is 6.07 Å². The van der Waals surface area contributed by atoms with Crippen LogP contribution in [0.25, 0.3) is 10.9 Å². The van der Waals surface area contributed by atoms with E-state index in [4.69, 9.17) is 0 Å². The van der Waals surface area contributed by atoms with Crippen molar-refractivity contribution in [2.75, 3.05) is 0 Å². The van der Waals surface area contributed by atoms with Crippen LogP contribution in [0, 0.1) is 5.92 Å². The van der Waals surface area contributed by atoms with Crippen molar-refractivity contribution in [3.8, 4) is 0 Å². The normalized spacial score (nSPS) is 12.1. The Bertz CT molecular complexity index is 831. The predicted octanol–water partition coefficient (Wildman–Crippen LogP) is 2.07. The SMILES string of the molecule is CC(C)C(=O)c1cc2c(=O)[nH]c(=O)[nH]c2cc1C(F)(F)F. The highest BCUT2D eigenvalue weighted by molar-refractivity contribution is 6.02. The Labute approximate surface area is 115 Å². The van der Waals surface area contributed by atoms with Gasteiger partial charge >= 0.3 is 11.9 Å². The Balaban J connectivity index is 2.91. The summed E-state index contributed by atoms with van der Waals surface area (Å²) in [6, 6.07) is 1.48. The lowest BCUT2D eigenvalue weighted by atomic mass is 9.94. The highest BCUT2D eigenvalue weighted by Crippen LogP contribution is 2.34. The first-order valence-corrected chi connectivity index (χ1v) is 6.03. The minimum absolute atomic E-state index is 0.174. The Morgan fingerprint density at radius 2 is 1.76 bits per heavy atom. The summed E-state index contributed by atoms with van der Waals surface area (Å²) in [4.78, 5) is 38.7. The molecule has 1 aromatic carbocycles. The van der Waals surface area contributed by atoms with Crippen molar-refractivity contribution >= 4 is 16.7 Å². The summed E-state index contributed by atoms with van der Waals surface area (Å²) in [5, 5.41) is -0.174. The molecule has 0 spiro atoms. The minimum Gasteiger partial charge on any atom is -0.307 e. The molecule has 0 saturated carbocycles. The number of carbonyl (C=O) groups is 1. The maximum Gasteiger partial charge on any atom is 0.417 e. The number of nitrogens with one attached hydrogen (secondary N) is 2. The number of aromatic nitrogens is 2. The lowest BCUT2D eigenvalue weighted by molar-refractivity contribution is -0.137. The molecule has 0 radical (unpaired) electrons. The number of rotatable bonds is 2. The van der Waals surface area contributed by atoms with Crippen molar-refractivity contribution in [3.63, 3.8) is 0 Å². The molecule has 2 rings (SSSR count). The quantitative estimate of drug-likeness (QED) is 0.833. The molecule has 0 amide bonds. The minimum atomic E-state index is -4.77. The van der Waals surface area contributed by atoms with Crippen LogP contribution in [0.2, 0.25) is 0 Å². The van der Waals surface area contributed by atoms with Crippen molar-refractivity contribution in [1.82, 2.24) is 9.97 Å². The molecule has 8 heteroatoms. The average Bonchev–Trinajstić information content (AvgIpc) is 2.35. The van der Waals surface area contributed by atoms with E-state index in [1.54, 1.807) is 0 Å². The number of benzene rings is 1. The van der Waals surface area contributed by atoms with E-state index in [9.17, 15) is 27.6 Å². The molecule has 0 aliphatic carbocycles. The zero-order chi connectivity index (χ0) is 15.9. The van der Waals surface area contributed by atoms with Crippen molar-refractivity contribution in [3.05, 3.63) is 44.1 Å². The summed E-state index contributed by atoms with van der Waals surface area (Å²) in [7, 11) is 0. The van der Waals surface area contributed by atoms with Crippen molar-refractivity contribution in [1.29, 1.82) is 0 Å². The van der Waals surface area contributed by atoms with Gasteiger partial charge in [-0.25, -0.2) is 4.79 Å². The van der Waals surface area contributed by atoms with Crippen LogP contribution in [0.1, 0.15) is 29.8 Å². The van der Waals surface area contributed by atoms with Crippen LogP contribution >= 0.6 is 0 Å². The Morgan fingerprint density at radius 3 is 2.29 bits per heavy atom. The second-order valence-corrected chi connectivity index (χ2v) is 4.87. The fraction of sp³-hybridized carbons (Fsp3) is 0.308. The van der Waals surface area contributed by atoms with E-state index in [0.717, 1.165) is 6.07 Å². The highest BCUT2D eigenvalue weighted by atomic mass is 19.4. The lowest BCUT2D eigenvalue weighted by Crippen LogP contribution is -2.24. The number of H-pyrrole nitrogens is 2. The predicted molar refractivity (Wildman–Crippen MR) is 69.4 cm³/mol. The van der Waals surface area contributed by atoms with Crippen LogP contribution in [0.15, 0.2) is 21.7 Å². The molecule has 0 atom stereocenters. The molecule has 112 valence electrons. The first-order chi connectivity index (χ1) is 9.61. The first-order valence-electron chi connectivity index (χ1n) is 6.03. The van der Waals surface area contributed by atoms with Crippen molar-refractivity contribution in [2.24, 2.45) is 5.92 Å². The largest absolute Gasteiger partial charge is 0.417 e. The van der Waals surface area contributed by atoms with Gasteiger partial charge in [0.05, 0.1) is 16.5 Å². The number of aromatic amines is 2. The van der Waals surface area contributed by atoms with Gasteiger partial charge in [-0.2, -0.15) is 13.2 Å². The zero-order valence-corrected chi connectivity index (χ0v) is 11.1. The monoisotopic (exact) mass is 300 g/mol. The van der Waals surface area contributed by atoms with E-state index in [1.165, 1.54) is 13.8 Å². The summed E-state index contributed by atoms with van der Waals surface area (Å²) < 4.78 is 39.2. The summed E-state index contributed by atoms with van der Waals surface area (Å²) >= 11 is 0. The van der Waals surface area contributed by atoms with Gasteiger partial charge in [0.1, 0.15) is 0 Å². The molecule has 0 saturated heterocycles. The number of fused-ring (bicyclic) bond motifs is 1. The third-order valence-corrected chi connectivity index (χ3v) is 2.97. The number of hydrogen-bond donors (Lipinski definition) is 2. The smallest absolute Gasteiger partial charge is 0.307 e. The van der Waals surface area contributed by atoms with Gasteiger partial charge in [0.25, 0.3) is 5.56 Å². The van der Waals surface area contributed by atoms with Crippen LogP contribution in [0.5, 0.6) is 0 Å². The summed E-state index contributed by atoms with van der Waals surface area (Å²) in [5.41, 5.74) is -3.78. The second-order valence-electron chi connectivity index (χ2n) is 4.87. The molecule has 2 N–H and O–H groups in total. The summed E-state index contributed by atoms with van der Waals surface area (Å²) in [6.07, 6.45) is -4.77. The van der Waals surface area contributed by atoms with Gasteiger partial charge in [-0.3, -0.25) is 14.6 Å². The Morgan fingerprint density at radius 1 is 1.14 bits per heavy atom. The maximum atomic E-state index is 13.1. The third-order valence-electron chi connectivity index (χ3n) is 2.97. The van der Waals surface area contributed by atoms with Gasteiger partial charge in [-0.15, -0.1) is 0 Å². The van der Waals surface area contributed by atoms with E-state index >= 15 is 0 Å². The molecular formula is C13H11F3N2O3. The van der Waals surface area contributed by atoms with Crippen LogP contribution < -0.4 is 11.2 Å². The zero-order valence-electron chi connectivity index (χ0n) is 11.1. The van der Waals surface area contributed by atoms with Crippen LogP contribution in [0.3, 0.4) is 0 Å². The van der Waals surface area contributed by atoms with E-state index in [2.05, 4.69) is 4.98 Å². The molecule has 0 aliphatic heterocycles. The van der Waals surface area contributed by atoms with Crippen LogP contribution in [-0.4, -0.2) is 15.8 Å². The number of Topliss-reactive ketones (excluding diaryl/α,β-unsaturated/α-hetero) is 1. The number of hydrogen-bond acceptors (Lipinski definition) is 3. The third kappa shape index (κ3) is 2.74. The number of alkyl halides is 3. The van der Waals surface area contributed by atoms with E-state index in [-0.39, 0.29) is 10.9 Å². The van der Waals surface area contributed by atoms with E-state index < -0.39 is 40.3 Å². The maximum absolute atomic E-state index is 13.1. The molecule has 1 aromatic heterocycles. The van der Waals surface area contributed by atoms with Crippen molar-refractivity contribution in [2.45, 2.75) is 20.0 Å². The molecule has 1 heterocycles. The van der Waals surface area contributed by atoms with Crippen molar-refractivity contribution < 1.29 is 18.0 Å². The van der Waals surface area contributed by atoms with E-state index in [1.807, 2.05) is 4.98 Å². The number of carbonyl (C=O) groups excluding carboxylic acids is 1. The van der Waals surface area contributed by atoms with Gasteiger partial charge in [-0.05, 0) is 12.1 Å². The van der Waals surface area contributed by atoms with Gasteiger partial charge in [0.15, 0.2) is 5.78 Å². The number of halogens is 3. The fourth-order valence-corrected chi connectivity index (χ4v) is 1.96. The summed E-state index contributed by atoms with van der Waals surface area (Å²) in [5.74, 6) is -1.39. The topological polar surface area (TPSA) is 82.8 Å². The van der Waals surface area contributed by atoms with Gasteiger partial charge in [0.2, 0.25) is 0 Å². The molecule has 5 nitrogen and oxygen atoms in total. The van der Waals surface area contributed by atoms with Gasteiger partial charge in [0, 0.05) is 11.5 Å². The standard InChI is InChI=1S/C13H11F3N2O3/c1-5(2)10(19)6-3-7-9(4-8(6)13(14,15)16)17-12(21)18-11(7)20/h3-5H,1-2H3,(H2,17,18,20,21). The molecule has 0 unspecified atom stereocenters. The average molecular weight is 300 g/mol. The Hall–Kier alpha value is -2.38. The van der Waals surface area contributed by atoms with Crippen LogP contribution in [0.4, 0.5) is 13.2 Å². The summed E-state index contributed by atoms with van der Waals surface area (Å²) in [6.45, 7) is 2.92. The fourth-order valence-electron chi connectivity index (χ4n) is 1.96.